The SMILES string of the molecule is CC1CCCN(C(=O)Nc2ccc(C(=O)O)cc2)CC1. The Morgan fingerprint density at radius 1 is 1.20 bits per heavy atom. The first-order valence-corrected chi connectivity index (χ1v) is 6.95. The van der Waals surface area contributed by atoms with Crippen LogP contribution in [-0.4, -0.2) is 35.1 Å². The molecule has 2 amide bonds. The number of benzene rings is 1. The number of carboxylic acid groups (broad SMARTS) is 1. The molecule has 1 unspecified atom stereocenters. The molecule has 1 aromatic rings. The van der Waals surface area contributed by atoms with Crippen LogP contribution in [0.4, 0.5) is 10.5 Å². The molecule has 0 aliphatic carbocycles. The fourth-order valence-electron chi connectivity index (χ4n) is 2.36. The van der Waals surface area contributed by atoms with Gasteiger partial charge in [0, 0.05) is 18.8 Å². The van der Waals surface area contributed by atoms with Gasteiger partial charge in [-0.25, -0.2) is 9.59 Å². The second-order valence-corrected chi connectivity index (χ2v) is 5.34. The van der Waals surface area contributed by atoms with E-state index in [1.54, 1.807) is 12.1 Å². The van der Waals surface area contributed by atoms with Crippen LogP contribution in [0.1, 0.15) is 36.5 Å². The first-order chi connectivity index (χ1) is 9.56. The Balaban J connectivity index is 1.95. The van der Waals surface area contributed by atoms with E-state index in [0.29, 0.717) is 11.6 Å². The first kappa shape index (κ1) is 14.4. The summed E-state index contributed by atoms with van der Waals surface area (Å²) in [5.41, 5.74) is 0.837. The highest BCUT2D eigenvalue weighted by molar-refractivity contribution is 5.91. The van der Waals surface area contributed by atoms with Crippen molar-refractivity contribution in [3.63, 3.8) is 0 Å². The lowest BCUT2D eigenvalue weighted by Crippen LogP contribution is -2.35. The van der Waals surface area contributed by atoms with Gasteiger partial charge in [0.2, 0.25) is 0 Å². The van der Waals surface area contributed by atoms with Crippen LogP contribution in [0.25, 0.3) is 0 Å². The molecule has 1 heterocycles. The minimum absolute atomic E-state index is 0.109. The quantitative estimate of drug-likeness (QED) is 0.872. The second kappa shape index (κ2) is 6.41. The number of carbonyl (C=O) groups is 2. The maximum atomic E-state index is 12.1. The lowest BCUT2D eigenvalue weighted by atomic mass is 10.0. The predicted octanol–water partition coefficient (Wildman–Crippen LogP) is 3.04. The maximum Gasteiger partial charge on any atom is 0.335 e. The molecule has 1 atom stereocenters. The molecular weight excluding hydrogens is 256 g/mol. The summed E-state index contributed by atoms with van der Waals surface area (Å²) in [6, 6.07) is 6.09. The molecule has 0 bridgehead atoms. The van der Waals surface area contributed by atoms with E-state index in [-0.39, 0.29) is 11.6 Å². The van der Waals surface area contributed by atoms with Crippen LogP contribution < -0.4 is 5.32 Å². The minimum Gasteiger partial charge on any atom is -0.478 e. The van der Waals surface area contributed by atoms with Gasteiger partial charge in [-0.1, -0.05) is 6.92 Å². The number of rotatable bonds is 2. The van der Waals surface area contributed by atoms with Gasteiger partial charge in [-0.15, -0.1) is 0 Å². The fraction of sp³-hybridized carbons (Fsp3) is 0.467. The third-order valence-corrected chi connectivity index (χ3v) is 3.69. The molecule has 108 valence electrons. The molecule has 1 aromatic carbocycles. The molecular formula is C15H20N2O3. The summed E-state index contributed by atoms with van der Waals surface area (Å²) < 4.78 is 0. The lowest BCUT2D eigenvalue weighted by molar-refractivity contribution is 0.0697. The fourth-order valence-corrected chi connectivity index (χ4v) is 2.36. The smallest absolute Gasteiger partial charge is 0.335 e. The number of likely N-dealkylation sites (tertiary alicyclic amines) is 1. The Morgan fingerprint density at radius 2 is 1.90 bits per heavy atom. The van der Waals surface area contributed by atoms with E-state index < -0.39 is 5.97 Å². The topological polar surface area (TPSA) is 69.6 Å². The Morgan fingerprint density at radius 3 is 2.55 bits per heavy atom. The molecule has 0 spiro atoms. The van der Waals surface area contributed by atoms with Gasteiger partial charge in [0.25, 0.3) is 0 Å². The highest BCUT2D eigenvalue weighted by Crippen LogP contribution is 2.17. The molecule has 5 nitrogen and oxygen atoms in total. The van der Waals surface area contributed by atoms with Gasteiger partial charge in [-0.3, -0.25) is 0 Å². The number of nitrogens with zero attached hydrogens (tertiary/aromatic N) is 1. The van der Waals surface area contributed by atoms with E-state index in [2.05, 4.69) is 12.2 Å². The van der Waals surface area contributed by atoms with Gasteiger partial charge in [0.15, 0.2) is 0 Å². The van der Waals surface area contributed by atoms with Crippen molar-refractivity contribution in [1.82, 2.24) is 4.90 Å². The van der Waals surface area contributed by atoms with E-state index in [1.807, 2.05) is 4.90 Å². The third kappa shape index (κ3) is 3.73. The number of anilines is 1. The van der Waals surface area contributed by atoms with E-state index in [4.69, 9.17) is 5.11 Å². The molecule has 1 fully saturated rings. The van der Waals surface area contributed by atoms with Crippen LogP contribution in [0.3, 0.4) is 0 Å². The zero-order chi connectivity index (χ0) is 14.5. The number of carboxylic acids is 1. The Labute approximate surface area is 118 Å². The number of urea groups is 1. The third-order valence-electron chi connectivity index (χ3n) is 3.69. The first-order valence-electron chi connectivity index (χ1n) is 6.95. The normalized spacial score (nSPS) is 19.2. The number of aromatic carboxylic acids is 1. The van der Waals surface area contributed by atoms with E-state index in [0.717, 1.165) is 32.4 Å². The van der Waals surface area contributed by atoms with E-state index >= 15 is 0 Å². The second-order valence-electron chi connectivity index (χ2n) is 5.34. The van der Waals surface area contributed by atoms with Crippen LogP contribution in [0.15, 0.2) is 24.3 Å². The van der Waals surface area contributed by atoms with Crippen molar-refractivity contribution in [1.29, 1.82) is 0 Å². The summed E-state index contributed by atoms with van der Waals surface area (Å²) in [5, 5.41) is 11.6. The van der Waals surface area contributed by atoms with Crippen molar-refractivity contribution < 1.29 is 14.7 Å². The van der Waals surface area contributed by atoms with Gasteiger partial charge in [0.05, 0.1) is 5.56 Å². The van der Waals surface area contributed by atoms with Crippen LogP contribution in [0, 0.1) is 5.92 Å². The molecule has 0 aromatic heterocycles. The van der Waals surface area contributed by atoms with Crippen molar-refractivity contribution >= 4 is 17.7 Å². The molecule has 5 heteroatoms. The van der Waals surface area contributed by atoms with Crippen molar-refractivity contribution in [2.45, 2.75) is 26.2 Å². The minimum atomic E-state index is -0.968. The molecule has 20 heavy (non-hydrogen) atoms. The van der Waals surface area contributed by atoms with Crippen LogP contribution >= 0.6 is 0 Å². The van der Waals surface area contributed by atoms with Crippen molar-refractivity contribution in [3.05, 3.63) is 29.8 Å². The van der Waals surface area contributed by atoms with Gasteiger partial charge in [-0.05, 0) is 49.4 Å². The largest absolute Gasteiger partial charge is 0.478 e. The zero-order valence-electron chi connectivity index (χ0n) is 11.6. The number of hydrogen-bond acceptors (Lipinski definition) is 2. The molecule has 1 saturated heterocycles. The average molecular weight is 276 g/mol. The summed E-state index contributed by atoms with van der Waals surface area (Å²) in [7, 11) is 0. The summed E-state index contributed by atoms with van der Waals surface area (Å²) in [4.78, 5) is 24.7. The van der Waals surface area contributed by atoms with Crippen LogP contribution in [-0.2, 0) is 0 Å². The molecule has 2 rings (SSSR count). The highest BCUT2D eigenvalue weighted by atomic mass is 16.4. The monoisotopic (exact) mass is 276 g/mol. The number of carbonyl (C=O) groups excluding carboxylic acids is 1. The van der Waals surface area contributed by atoms with Crippen LogP contribution in [0.5, 0.6) is 0 Å². The van der Waals surface area contributed by atoms with Gasteiger partial charge >= 0.3 is 12.0 Å². The summed E-state index contributed by atoms with van der Waals surface area (Å²) in [6.07, 6.45) is 3.23. The van der Waals surface area contributed by atoms with Crippen LogP contribution in [0.2, 0.25) is 0 Å². The summed E-state index contributed by atoms with van der Waals surface area (Å²) in [5.74, 6) is -0.299. The molecule has 1 aliphatic heterocycles. The number of amides is 2. The average Bonchev–Trinajstić information content (AvgIpc) is 2.64. The van der Waals surface area contributed by atoms with E-state index in [9.17, 15) is 9.59 Å². The maximum absolute atomic E-state index is 12.1. The summed E-state index contributed by atoms with van der Waals surface area (Å²) >= 11 is 0. The van der Waals surface area contributed by atoms with Crippen molar-refractivity contribution in [2.75, 3.05) is 18.4 Å². The molecule has 0 radical (unpaired) electrons. The number of nitrogens with one attached hydrogen (secondary N) is 1. The van der Waals surface area contributed by atoms with Gasteiger partial charge < -0.3 is 15.3 Å². The predicted molar refractivity (Wildman–Crippen MR) is 77.0 cm³/mol. The standard InChI is InChI=1S/C15H20N2O3/c1-11-3-2-9-17(10-8-11)15(20)16-13-6-4-12(5-7-13)14(18)19/h4-7,11H,2-3,8-10H2,1H3,(H,16,20)(H,18,19). The van der Waals surface area contributed by atoms with Crippen molar-refractivity contribution in [2.24, 2.45) is 5.92 Å². The molecule has 0 saturated carbocycles. The Hall–Kier alpha value is -2.04. The number of hydrogen-bond donors (Lipinski definition) is 2. The Bertz CT molecular complexity index is 484. The lowest BCUT2D eigenvalue weighted by Gasteiger charge is -2.21. The molecule has 2 N–H and O–H groups in total. The Kier molecular flexibility index (Phi) is 4.61. The molecule has 1 aliphatic rings. The van der Waals surface area contributed by atoms with Gasteiger partial charge in [-0.2, -0.15) is 0 Å². The van der Waals surface area contributed by atoms with E-state index in [1.165, 1.54) is 12.1 Å². The van der Waals surface area contributed by atoms with Gasteiger partial charge in [0.1, 0.15) is 0 Å². The van der Waals surface area contributed by atoms with Crippen molar-refractivity contribution in [3.8, 4) is 0 Å². The highest BCUT2D eigenvalue weighted by Gasteiger charge is 2.18. The summed E-state index contributed by atoms with van der Waals surface area (Å²) in [6.45, 7) is 3.77. The zero-order valence-corrected chi connectivity index (χ0v) is 11.6.